The summed E-state index contributed by atoms with van der Waals surface area (Å²) < 4.78 is 43.2. The number of rotatable bonds is 8. The number of aromatic nitrogens is 2. The van der Waals surface area contributed by atoms with Gasteiger partial charge in [0.05, 0.1) is 24.8 Å². The molecular weight excluding hydrogens is 413 g/mol. The lowest BCUT2D eigenvalue weighted by Crippen LogP contribution is -2.53. The Morgan fingerprint density at radius 2 is 1.77 bits per heavy atom. The molecule has 2 rings (SSSR count). The molecule has 0 fully saturated rings. The predicted molar refractivity (Wildman–Crippen MR) is 110 cm³/mol. The van der Waals surface area contributed by atoms with Crippen molar-refractivity contribution in [3.63, 3.8) is 0 Å². The summed E-state index contributed by atoms with van der Waals surface area (Å²) in [5.74, 6) is -1.20. The molecule has 0 bridgehead atoms. The Kier molecular flexibility index (Phi) is 7.48. The number of methoxy groups -OCH3 is 1. The van der Waals surface area contributed by atoms with Gasteiger partial charge < -0.3 is 10.1 Å². The molecule has 31 heavy (non-hydrogen) atoms. The summed E-state index contributed by atoms with van der Waals surface area (Å²) in [4.78, 5) is 24.8. The normalized spacial score (nSPS) is 14.1. The number of nitrogens with zero attached hydrogens (tertiary/aromatic N) is 1. The Morgan fingerprint density at radius 1 is 1.16 bits per heavy atom. The molecule has 2 atom stereocenters. The Balaban J connectivity index is 2.30. The molecule has 2 unspecified atom stereocenters. The van der Waals surface area contributed by atoms with Crippen LogP contribution < -0.4 is 10.6 Å². The summed E-state index contributed by atoms with van der Waals surface area (Å²) in [6, 6.07) is 5.63. The lowest BCUT2D eigenvalue weighted by molar-refractivity contribution is -0.137. The Labute approximate surface area is 178 Å². The number of anilines is 1. The van der Waals surface area contributed by atoms with E-state index in [1.165, 1.54) is 25.3 Å². The van der Waals surface area contributed by atoms with Crippen molar-refractivity contribution in [3.05, 3.63) is 47.2 Å². The minimum Gasteiger partial charge on any atom is -0.464 e. The number of hydrogen-bond acceptors (Lipinski definition) is 6. The SMILES string of the molecule is CCC(C(=O)c1ccc(C(F)(F)F)cc1)C(Nc1cc(C(=O)OC)[nH]n1)NC(C)(C)C. The van der Waals surface area contributed by atoms with Crippen molar-refractivity contribution < 1.29 is 27.5 Å². The second-order valence-electron chi connectivity index (χ2n) is 8.13. The molecule has 1 heterocycles. The van der Waals surface area contributed by atoms with E-state index in [1.54, 1.807) is 0 Å². The van der Waals surface area contributed by atoms with E-state index in [0.29, 0.717) is 12.2 Å². The van der Waals surface area contributed by atoms with E-state index >= 15 is 0 Å². The van der Waals surface area contributed by atoms with Crippen LogP contribution >= 0.6 is 0 Å². The fourth-order valence-electron chi connectivity index (χ4n) is 3.08. The molecule has 10 heteroatoms. The maximum atomic E-state index is 13.2. The average molecular weight is 440 g/mol. The molecular formula is C21H27F3N4O3. The fraction of sp³-hybridized carbons (Fsp3) is 0.476. The van der Waals surface area contributed by atoms with Crippen LogP contribution in [0, 0.1) is 5.92 Å². The number of H-pyrrole nitrogens is 1. The number of hydrogen-bond donors (Lipinski definition) is 3. The first-order valence-corrected chi connectivity index (χ1v) is 9.75. The highest BCUT2D eigenvalue weighted by Gasteiger charge is 2.33. The number of benzene rings is 1. The van der Waals surface area contributed by atoms with Gasteiger partial charge >= 0.3 is 12.1 Å². The van der Waals surface area contributed by atoms with E-state index in [0.717, 1.165) is 12.1 Å². The number of aromatic amines is 1. The summed E-state index contributed by atoms with van der Waals surface area (Å²) >= 11 is 0. The van der Waals surface area contributed by atoms with Gasteiger partial charge in [0, 0.05) is 17.2 Å². The van der Waals surface area contributed by atoms with E-state index in [2.05, 4.69) is 25.6 Å². The first-order chi connectivity index (χ1) is 14.4. The van der Waals surface area contributed by atoms with Gasteiger partial charge in [0.25, 0.3) is 0 Å². The van der Waals surface area contributed by atoms with Crippen molar-refractivity contribution in [2.75, 3.05) is 12.4 Å². The average Bonchev–Trinajstić information content (AvgIpc) is 3.14. The Hall–Kier alpha value is -2.88. The second-order valence-corrected chi connectivity index (χ2v) is 8.13. The van der Waals surface area contributed by atoms with Gasteiger partial charge in [0.15, 0.2) is 5.78 Å². The minimum absolute atomic E-state index is 0.140. The Bertz CT molecular complexity index is 902. The van der Waals surface area contributed by atoms with Crippen LogP contribution in [-0.4, -0.2) is 40.8 Å². The third-order valence-electron chi connectivity index (χ3n) is 4.55. The highest BCUT2D eigenvalue weighted by atomic mass is 19.4. The maximum Gasteiger partial charge on any atom is 0.416 e. The quantitative estimate of drug-likeness (QED) is 0.323. The fourth-order valence-corrected chi connectivity index (χ4v) is 3.08. The summed E-state index contributed by atoms with van der Waals surface area (Å²) in [7, 11) is 1.25. The second kappa shape index (κ2) is 9.51. The van der Waals surface area contributed by atoms with Gasteiger partial charge in [-0.15, -0.1) is 0 Å². The zero-order valence-electron chi connectivity index (χ0n) is 18.1. The van der Waals surface area contributed by atoms with Gasteiger partial charge in [0.2, 0.25) is 0 Å². The summed E-state index contributed by atoms with van der Waals surface area (Å²) in [5.41, 5.74) is -0.889. The molecule has 7 nitrogen and oxygen atoms in total. The van der Waals surface area contributed by atoms with Crippen molar-refractivity contribution >= 4 is 17.6 Å². The summed E-state index contributed by atoms with van der Waals surface area (Å²) in [6.07, 6.45) is -4.66. The summed E-state index contributed by atoms with van der Waals surface area (Å²) in [6.45, 7) is 7.57. The number of ether oxygens (including phenoxy) is 1. The molecule has 1 aromatic carbocycles. The van der Waals surface area contributed by atoms with E-state index < -0.39 is 35.3 Å². The lowest BCUT2D eigenvalue weighted by atomic mass is 9.90. The van der Waals surface area contributed by atoms with E-state index in [1.807, 2.05) is 27.7 Å². The van der Waals surface area contributed by atoms with Crippen LogP contribution in [0.4, 0.5) is 19.0 Å². The molecule has 0 radical (unpaired) electrons. The first kappa shape index (κ1) is 24.4. The monoisotopic (exact) mass is 440 g/mol. The van der Waals surface area contributed by atoms with Crippen LogP contribution in [0.5, 0.6) is 0 Å². The van der Waals surface area contributed by atoms with Gasteiger partial charge in [-0.1, -0.05) is 19.1 Å². The zero-order chi connectivity index (χ0) is 23.4. The third-order valence-corrected chi connectivity index (χ3v) is 4.55. The van der Waals surface area contributed by atoms with E-state index in [9.17, 15) is 22.8 Å². The molecule has 2 aromatic rings. The van der Waals surface area contributed by atoms with Crippen LogP contribution in [0.25, 0.3) is 0 Å². The van der Waals surface area contributed by atoms with Crippen LogP contribution in [0.15, 0.2) is 30.3 Å². The van der Waals surface area contributed by atoms with Crippen molar-refractivity contribution in [2.24, 2.45) is 5.92 Å². The Morgan fingerprint density at radius 3 is 2.26 bits per heavy atom. The van der Waals surface area contributed by atoms with Crippen molar-refractivity contribution in [3.8, 4) is 0 Å². The number of esters is 1. The molecule has 0 aliphatic carbocycles. The molecule has 0 spiro atoms. The molecule has 3 N–H and O–H groups in total. The smallest absolute Gasteiger partial charge is 0.416 e. The number of Topliss-reactive ketones (excluding diaryl/α,β-unsaturated/α-hetero) is 1. The molecule has 0 amide bonds. The van der Waals surface area contributed by atoms with Gasteiger partial charge in [-0.2, -0.15) is 18.3 Å². The van der Waals surface area contributed by atoms with Crippen molar-refractivity contribution in [1.29, 1.82) is 0 Å². The predicted octanol–water partition coefficient (Wildman–Crippen LogP) is 4.25. The molecule has 170 valence electrons. The number of ketones is 1. The van der Waals surface area contributed by atoms with Gasteiger partial charge in [-0.05, 0) is 39.3 Å². The molecule has 0 saturated heterocycles. The van der Waals surface area contributed by atoms with Crippen molar-refractivity contribution in [2.45, 2.75) is 52.0 Å². The number of carbonyl (C=O) groups excluding carboxylic acids is 2. The number of halogens is 3. The number of alkyl halides is 3. The number of carbonyl (C=O) groups is 2. The van der Waals surface area contributed by atoms with Gasteiger partial charge in [0.1, 0.15) is 11.5 Å². The van der Waals surface area contributed by atoms with Crippen LogP contribution in [0.1, 0.15) is 60.5 Å². The van der Waals surface area contributed by atoms with Gasteiger partial charge in [-0.25, -0.2) is 4.79 Å². The maximum absolute atomic E-state index is 13.2. The zero-order valence-corrected chi connectivity index (χ0v) is 18.1. The van der Waals surface area contributed by atoms with Gasteiger partial charge in [-0.3, -0.25) is 15.2 Å². The standard InChI is InChI=1S/C21H27F3N4O3/c1-6-14(17(29)12-7-9-13(10-8-12)21(22,23)24)18(26-20(2,3)4)25-16-11-15(27-28-16)19(30)31-5/h7-11,14,18,26H,6H2,1-5H3,(H2,25,27,28). The highest BCUT2D eigenvalue weighted by Crippen LogP contribution is 2.30. The van der Waals surface area contributed by atoms with Crippen LogP contribution in [0.2, 0.25) is 0 Å². The molecule has 0 aliphatic rings. The molecule has 1 aromatic heterocycles. The van der Waals surface area contributed by atoms with Crippen LogP contribution in [-0.2, 0) is 10.9 Å². The summed E-state index contributed by atoms with van der Waals surface area (Å²) in [5, 5.41) is 13.0. The topological polar surface area (TPSA) is 96.1 Å². The van der Waals surface area contributed by atoms with Crippen LogP contribution in [0.3, 0.4) is 0 Å². The van der Waals surface area contributed by atoms with E-state index in [4.69, 9.17) is 0 Å². The largest absolute Gasteiger partial charge is 0.464 e. The first-order valence-electron chi connectivity index (χ1n) is 9.75. The third kappa shape index (κ3) is 6.55. The minimum atomic E-state index is -4.47. The molecule has 0 aliphatic heterocycles. The van der Waals surface area contributed by atoms with E-state index in [-0.39, 0.29) is 17.0 Å². The lowest BCUT2D eigenvalue weighted by Gasteiger charge is -2.33. The number of nitrogens with one attached hydrogen (secondary N) is 3. The molecule has 0 saturated carbocycles. The van der Waals surface area contributed by atoms with Crippen molar-refractivity contribution in [1.82, 2.24) is 15.5 Å². The highest BCUT2D eigenvalue weighted by molar-refractivity contribution is 5.98.